The second kappa shape index (κ2) is 6.20. The molecule has 2 N–H and O–H groups in total. The molecule has 1 amide bonds. The maximum Gasteiger partial charge on any atom is 0.226 e. The Hall–Kier alpha value is -1.35. The van der Waals surface area contributed by atoms with E-state index >= 15 is 0 Å². The van der Waals surface area contributed by atoms with Crippen LogP contribution in [0.25, 0.3) is 0 Å². The molecule has 1 aliphatic rings. The Bertz CT molecular complexity index is 456. The number of carbonyl (C=O) groups excluding carboxylic acids is 1. The topological polar surface area (TPSA) is 46.3 Å². The lowest BCUT2D eigenvalue weighted by molar-refractivity contribution is -0.129. The van der Waals surface area contributed by atoms with Crippen molar-refractivity contribution in [1.82, 2.24) is 4.90 Å². The molecule has 0 radical (unpaired) electrons. The maximum absolute atomic E-state index is 12.3. The smallest absolute Gasteiger partial charge is 0.226 e. The van der Waals surface area contributed by atoms with E-state index in [-0.39, 0.29) is 5.91 Å². The average Bonchev–Trinajstić information content (AvgIpc) is 2.83. The van der Waals surface area contributed by atoms with Crippen molar-refractivity contribution < 1.29 is 4.79 Å². The fourth-order valence-corrected chi connectivity index (χ4v) is 2.73. The Morgan fingerprint density at radius 3 is 2.84 bits per heavy atom. The summed E-state index contributed by atoms with van der Waals surface area (Å²) in [6.45, 7) is 6.70. The molecule has 0 saturated carbocycles. The fourth-order valence-electron chi connectivity index (χ4n) is 2.73. The monoisotopic (exact) mass is 260 g/mol. The zero-order valence-corrected chi connectivity index (χ0v) is 12.0. The average molecular weight is 260 g/mol. The number of hydrogen-bond donors (Lipinski definition) is 1. The van der Waals surface area contributed by atoms with Gasteiger partial charge in [-0.15, -0.1) is 0 Å². The molecule has 104 valence electrons. The molecule has 1 aromatic carbocycles. The van der Waals surface area contributed by atoms with Gasteiger partial charge in [0.15, 0.2) is 0 Å². The van der Waals surface area contributed by atoms with Crippen LogP contribution in [0.5, 0.6) is 0 Å². The van der Waals surface area contributed by atoms with E-state index in [4.69, 9.17) is 5.73 Å². The van der Waals surface area contributed by atoms with Gasteiger partial charge in [0, 0.05) is 13.1 Å². The van der Waals surface area contributed by atoms with Crippen molar-refractivity contribution in [3.8, 4) is 0 Å². The fraction of sp³-hybridized carbons (Fsp3) is 0.562. The van der Waals surface area contributed by atoms with E-state index < -0.39 is 0 Å². The summed E-state index contributed by atoms with van der Waals surface area (Å²) in [5.74, 6) is 0.858. The lowest BCUT2D eigenvalue weighted by Crippen LogP contribution is -2.30. The van der Waals surface area contributed by atoms with Gasteiger partial charge in [-0.25, -0.2) is 0 Å². The van der Waals surface area contributed by atoms with Crippen LogP contribution in [-0.4, -0.2) is 30.4 Å². The van der Waals surface area contributed by atoms with Crippen LogP contribution < -0.4 is 5.73 Å². The summed E-state index contributed by atoms with van der Waals surface area (Å²) in [5, 5.41) is 0. The first-order chi connectivity index (χ1) is 9.10. The van der Waals surface area contributed by atoms with Crippen molar-refractivity contribution in [1.29, 1.82) is 0 Å². The van der Waals surface area contributed by atoms with Gasteiger partial charge in [-0.2, -0.15) is 0 Å². The summed E-state index contributed by atoms with van der Waals surface area (Å²) in [6, 6.07) is 6.29. The largest absolute Gasteiger partial charge is 0.342 e. The zero-order chi connectivity index (χ0) is 13.8. The highest BCUT2D eigenvalue weighted by Gasteiger charge is 2.25. The molecule has 1 atom stereocenters. The lowest BCUT2D eigenvalue weighted by atomic mass is 10.0. The summed E-state index contributed by atoms with van der Waals surface area (Å²) in [5.41, 5.74) is 9.24. The molecule has 1 aromatic rings. The Balaban J connectivity index is 1.92. The summed E-state index contributed by atoms with van der Waals surface area (Å²) in [6.07, 6.45) is 2.67. The second-order valence-corrected chi connectivity index (χ2v) is 5.67. The first kappa shape index (κ1) is 14.1. The number of rotatable bonds is 4. The normalized spacial score (nSPS) is 18.9. The van der Waals surface area contributed by atoms with Gasteiger partial charge in [-0.05, 0) is 55.8 Å². The molecule has 3 nitrogen and oxygen atoms in total. The molecule has 0 aromatic heterocycles. The Morgan fingerprint density at radius 1 is 1.37 bits per heavy atom. The third kappa shape index (κ3) is 3.57. The van der Waals surface area contributed by atoms with Gasteiger partial charge in [0.1, 0.15) is 0 Å². The highest BCUT2D eigenvalue weighted by Crippen LogP contribution is 2.20. The quantitative estimate of drug-likeness (QED) is 0.900. The highest BCUT2D eigenvalue weighted by molar-refractivity contribution is 5.79. The van der Waals surface area contributed by atoms with Crippen LogP contribution >= 0.6 is 0 Å². The predicted molar refractivity (Wildman–Crippen MR) is 78.0 cm³/mol. The van der Waals surface area contributed by atoms with E-state index in [9.17, 15) is 4.79 Å². The maximum atomic E-state index is 12.3. The SMILES string of the molecule is Cc1ccc(CC(=O)N2CCC(CCN)C2)cc1C. The predicted octanol–water partition coefficient (Wildman–Crippen LogP) is 2.04. The molecule has 1 fully saturated rings. The molecule has 3 heteroatoms. The highest BCUT2D eigenvalue weighted by atomic mass is 16.2. The molecule has 2 rings (SSSR count). The van der Waals surface area contributed by atoms with E-state index in [2.05, 4.69) is 32.0 Å². The molecule has 19 heavy (non-hydrogen) atoms. The van der Waals surface area contributed by atoms with E-state index in [1.165, 1.54) is 11.1 Å². The van der Waals surface area contributed by atoms with Gasteiger partial charge in [0.25, 0.3) is 0 Å². The number of amides is 1. The van der Waals surface area contributed by atoms with Crippen LogP contribution in [0.2, 0.25) is 0 Å². The summed E-state index contributed by atoms with van der Waals surface area (Å²) >= 11 is 0. The van der Waals surface area contributed by atoms with Crippen molar-refractivity contribution in [3.05, 3.63) is 34.9 Å². The van der Waals surface area contributed by atoms with E-state index in [1.54, 1.807) is 0 Å². The van der Waals surface area contributed by atoms with Gasteiger partial charge < -0.3 is 10.6 Å². The number of carbonyl (C=O) groups is 1. The molecular formula is C16H24N2O. The van der Waals surface area contributed by atoms with Crippen molar-refractivity contribution in [3.63, 3.8) is 0 Å². The van der Waals surface area contributed by atoms with E-state index in [0.29, 0.717) is 12.3 Å². The number of benzene rings is 1. The summed E-state index contributed by atoms with van der Waals surface area (Å²) in [4.78, 5) is 14.3. The van der Waals surface area contributed by atoms with Crippen molar-refractivity contribution >= 4 is 5.91 Å². The van der Waals surface area contributed by atoms with Crippen LogP contribution in [0.3, 0.4) is 0 Å². The number of nitrogens with two attached hydrogens (primary N) is 1. The molecule has 1 unspecified atom stereocenters. The van der Waals surface area contributed by atoms with Crippen LogP contribution in [0.15, 0.2) is 18.2 Å². The number of likely N-dealkylation sites (tertiary alicyclic amines) is 1. The minimum atomic E-state index is 0.253. The second-order valence-electron chi connectivity index (χ2n) is 5.67. The van der Waals surface area contributed by atoms with Gasteiger partial charge in [-0.1, -0.05) is 18.2 Å². The molecule has 0 bridgehead atoms. The van der Waals surface area contributed by atoms with Gasteiger partial charge in [0.2, 0.25) is 5.91 Å². The van der Waals surface area contributed by atoms with Crippen molar-refractivity contribution in [2.75, 3.05) is 19.6 Å². The third-order valence-electron chi connectivity index (χ3n) is 4.14. The molecule has 0 spiro atoms. The number of aryl methyl sites for hydroxylation is 2. The molecule has 1 aliphatic heterocycles. The van der Waals surface area contributed by atoms with Crippen LogP contribution in [-0.2, 0) is 11.2 Å². The van der Waals surface area contributed by atoms with Gasteiger partial charge in [-0.3, -0.25) is 4.79 Å². The third-order valence-corrected chi connectivity index (χ3v) is 4.14. The minimum Gasteiger partial charge on any atom is -0.342 e. The van der Waals surface area contributed by atoms with Crippen LogP contribution in [0, 0.1) is 19.8 Å². The summed E-state index contributed by atoms with van der Waals surface area (Å²) in [7, 11) is 0. The molecule has 1 heterocycles. The lowest BCUT2D eigenvalue weighted by Gasteiger charge is -2.17. The van der Waals surface area contributed by atoms with Gasteiger partial charge >= 0.3 is 0 Å². The Morgan fingerprint density at radius 2 is 2.16 bits per heavy atom. The number of hydrogen-bond acceptors (Lipinski definition) is 2. The standard InChI is InChI=1S/C16H24N2O/c1-12-3-4-15(9-13(12)2)10-16(19)18-8-6-14(11-18)5-7-17/h3-4,9,14H,5-8,10-11,17H2,1-2H3. The molecular weight excluding hydrogens is 236 g/mol. The number of nitrogens with zero attached hydrogens (tertiary/aromatic N) is 1. The van der Waals surface area contributed by atoms with E-state index in [1.807, 2.05) is 4.90 Å². The van der Waals surface area contributed by atoms with Gasteiger partial charge in [0.05, 0.1) is 6.42 Å². The van der Waals surface area contributed by atoms with Crippen LogP contribution in [0.4, 0.5) is 0 Å². The van der Waals surface area contributed by atoms with E-state index in [0.717, 1.165) is 38.0 Å². The first-order valence-electron chi connectivity index (χ1n) is 7.14. The zero-order valence-electron chi connectivity index (χ0n) is 12.0. The van der Waals surface area contributed by atoms with Crippen molar-refractivity contribution in [2.45, 2.75) is 33.1 Å². The molecule has 0 aliphatic carbocycles. The Labute approximate surface area is 115 Å². The molecule has 1 saturated heterocycles. The first-order valence-corrected chi connectivity index (χ1v) is 7.14. The minimum absolute atomic E-state index is 0.253. The summed E-state index contributed by atoms with van der Waals surface area (Å²) < 4.78 is 0. The van der Waals surface area contributed by atoms with Crippen molar-refractivity contribution in [2.24, 2.45) is 11.7 Å². The Kier molecular flexibility index (Phi) is 4.59. The van der Waals surface area contributed by atoms with Crippen LogP contribution in [0.1, 0.15) is 29.5 Å².